The standard InChI is InChI=1S/C13H18O3/c1-5-13(3,4)16-11-8-10(12(14)15)7-6-9(11)2/h6-8H,5H2,1-4H3,(H,14,15). The average molecular weight is 222 g/mol. The summed E-state index contributed by atoms with van der Waals surface area (Å²) in [6.07, 6.45) is 0.865. The van der Waals surface area contributed by atoms with Gasteiger partial charge in [-0.15, -0.1) is 0 Å². The number of ether oxygens (including phenoxy) is 1. The number of rotatable bonds is 4. The van der Waals surface area contributed by atoms with Crippen molar-refractivity contribution in [1.82, 2.24) is 0 Å². The molecule has 0 amide bonds. The van der Waals surface area contributed by atoms with Crippen LogP contribution in [-0.2, 0) is 0 Å². The number of hydrogen-bond donors (Lipinski definition) is 1. The van der Waals surface area contributed by atoms with Crippen molar-refractivity contribution >= 4 is 5.97 Å². The summed E-state index contributed by atoms with van der Waals surface area (Å²) in [6.45, 7) is 7.92. The first kappa shape index (κ1) is 12.6. The van der Waals surface area contributed by atoms with Crippen molar-refractivity contribution in [2.45, 2.75) is 39.7 Å². The van der Waals surface area contributed by atoms with Crippen molar-refractivity contribution in [3.8, 4) is 5.75 Å². The van der Waals surface area contributed by atoms with Crippen LogP contribution >= 0.6 is 0 Å². The molecule has 3 nitrogen and oxygen atoms in total. The molecule has 88 valence electrons. The maximum atomic E-state index is 10.8. The van der Waals surface area contributed by atoms with E-state index in [1.807, 2.05) is 27.7 Å². The van der Waals surface area contributed by atoms with Crippen molar-refractivity contribution in [1.29, 1.82) is 0 Å². The number of benzene rings is 1. The lowest BCUT2D eigenvalue weighted by Gasteiger charge is -2.26. The van der Waals surface area contributed by atoms with Crippen LogP contribution in [0.3, 0.4) is 0 Å². The first-order valence-electron chi connectivity index (χ1n) is 5.38. The number of carboxylic acids is 1. The van der Waals surface area contributed by atoms with Crippen LogP contribution in [0.1, 0.15) is 43.1 Å². The molecule has 0 saturated carbocycles. The summed E-state index contributed by atoms with van der Waals surface area (Å²) < 4.78 is 5.81. The molecule has 1 aromatic carbocycles. The van der Waals surface area contributed by atoms with Crippen molar-refractivity contribution in [2.75, 3.05) is 0 Å². The van der Waals surface area contributed by atoms with Crippen LogP contribution in [0.2, 0.25) is 0 Å². The fourth-order valence-electron chi connectivity index (χ4n) is 1.21. The summed E-state index contributed by atoms with van der Waals surface area (Å²) in [5.74, 6) is -0.286. The van der Waals surface area contributed by atoms with Gasteiger partial charge in [0.2, 0.25) is 0 Å². The molecular weight excluding hydrogens is 204 g/mol. The summed E-state index contributed by atoms with van der Waals surface area (Å²) in [7, 11) is 0. The highest BCUT2D eigenvalue weighted by atomic mass is 16.5. The van der Waals surface area contributed by atoms with Gasteiger partial charge in [-0.2, -0.15) is 0 Å². The van der Waals surface area contributed by atoms with Gasteiger partial charge in [-0.05, 0) is 44.9 Å². The molecule has 0 saturated heterocycles. The normalized spacial score (nSPS) is 11.2. The lowest BCUT2D eigenvalue weighted by molar-refractivity contribution is 0.0693. The molecule has 0 radical (unpaired) electrons. The van der Waals surface area contributed by atoms with Crippen molar-refractivity contribution < 1.29 is 14.6 Å². The van der Waals surface area contributed by atoms with Crippen LogP contribution in [0.25, 0.3) is 0 Å². The third kappa shape index (κ3) is 2.99. The van der Waals surface area contributed by atoms with E-state index in [1.165, 1.54) is 0 Å². The van der Waals surface area contributed by atoms with Crippen molar-refractivity contribution in [3.63, 3.8) is 0 Å². The second-order valence-electron chi connectivity index (χ2n) is 4.50. The maximum absolute atomic E-state index is 10.8. The molecule has 1 N–H and O–H groups in total. The van der Waals surface area contributed by atoms with Crippen LogP contribution in [0.4, 0.5) is 0 Å². The van der Waals surface area contributed by atoms with Gasteiger partial charge in [0, 0.05) is 0 Å². The quantitative estimate of drug-likeness (QED) is 0.850. The van der Waals surface area contributed by atoms with E-state index in [0.29, 0.717) is 5.75 Å². The zero-order valence-electron chi connectivity index (χ0n) is 10.2. The fraction of sp³-hybridized carbons (Fsp3) is 0.462. The van der Waals surface area contributed by atoms with Gasteiger partial charge in [-0.3, -0.25) is 0 Å². The van der Waals surface area contributed by atoms with Crippen LogP contribution in [0.5, 0.6) is 5.75 Å². The molecule has 0 aliphatic carbocycles. The van der Waals surface area contributed by atoms with Gasteiger partial charge in [0.15, 0.2) is 0 Å². The van der Waals surface area contributed by atoms with E-state index in [0.717, 1.165) is 12.0 Å². The molecule has 1 rings (SSSR count). The predicted molar refractivity (Wildman–Crippen MR) is 63.1 cm³/mol. The SMILES string of the molecule is CCC(C)(C)Oc1cc(C(=O)O)ccc1C. The topological polar surface area (TPSA) is 46.5 Å². The van der Waals surface area contributed by atoms with E-state index in [2.05, 4.69) is 0 Å². The van der Waals surface area contributed by atoms with Gasteiger partial charge in [-0.1, -0.05) is 13.0 Å². The fourth-order valence-corrected chi connectivity index (χ4v) is 1.21. The number of aromatic carboxylic acids is 1. The van der Waals surface area contributed by atoms with Gasteiger partial charge < -0.3 is 9.84 Å². The highest BCUT2D eigenvalue weighted by Crippen LogP contribution is 2.25. The lowest BCUT2D eigenvalue weighted by Crippen LogP contribution is -2.27. The average Bonchev–Trinajstić information content (AvgIpc) is 2.21. The second kappa shape index (κ2) is 4.56. The Kier molecular flexibility index (Phi) is 3.58. The molecule has 0 spiro atoms. The summed E-state index contributed by atoms with van der Waals surface area (Å²) in [4.78, 5) is 10.8. The minimum atomic E-state index is -0.931. The lowest BCUT2D eigenvalue weighted by atomic mass is 10.1. The minimum absolute atomic E-state index is 0.257. The third-order valence-electron chi connectivity index (χ3n) is 2.67. The maximum Gasteiger partial charge on any atom is 0.335 e. The Morgan fingerprint density at radius 1 is 1.44 bits per heavy atom. The monoisotopic (exact) mass is 222 g/mol. The van der Waals surface area contributed by atoms with Crippen LogP contribution in [0, 0.1) is 6.92 Å². The molecule has 0 bridgehead atoms. The van der Waals surface area contributed by atoms with Crippen LogP contribution in [-0.4, -0.2) is 16.7 Å². The van der Waals surface area contributed by atoms with Gasteiger partial charge in [0.1, 0.15) is 11.4 Å². The van der Waals surface area contributed by atoms with E-state index in [1.54, 1.807) is 18.2 Å². The summed E-state index contributed by atoms with van der Waals surface area (Å²) in [5.41, 5.74) is 0.932. The first-order chi connectivity index (χ1) is 7.35. The van der Waals surface area contributed by atoms with Gasteiger partial charge in [0.25, 0.3) is 0 Å². The number of hydrogen-bond acceptors (Lipinski definition) is 2. The van der Waals surface area contributed by atoms with Gasteiger partial charge in [-0.25, -0.2) is 4.79 Å². The molecular formula is C13H18O3. The summed E-state index contributed by atoms with van der Waals surface area (Å²) >= 11 is 0. The summed E-state index contributed by atoms with van der Waals surface area (Å²) in [6, 6.07) is 4.93. The molecule has 0 aromatic heterocycles. The van der Waals surface area contributed by atoms with Crippen molar-refractivity contribution in [2.24, 2.45) is 0 Å². The molecule has 3 heteroatoms. The summed E-state index contributed by atoms with van der Waals surface area (Å²) in [5, 5.41) is 8.90. The van der Waals surface area contributed by atoms with E-state index in [4.69, 9.17) is 9.84 Å². The Bertz CT molecular complexity index is 394. The third-order valence-corrected chi connectivity index (χ3v) is 2.67. The van der Waals surface area contributed by atoms with E-state index in [9.17, 15) is 4.79 Å². The largest absolute Gasteiger partial charge is 0.488 e. The molecule has 16 heavy (non-hydrogen) atoms. The second-order valence-corrected chi connectivity index (χ2v) is 4.50. The zero-order valence-corrected chi connectivity index (χ0v) is 10.2. The molecule has 0 atom stereocenters. The number of aryl methyl sites for hydroxylation is 1. The van der Waals surface area contributed by atoms with Crippen LogP contribution < -0.4 is 4.74 Å². The Balaban J connectivity index is 3.03. The predicted octanol–water partition coefficient (Wildman–Crippen LogP) is 3.26. The van der Waals surface area contributed by atoms with Crippen LogP contribution in [0.15, 0.2) is 18.2 Å². The minimum Gasteiger partial charge on any atom is -0.488 e. The zero-order chi connectivity index (χ0) is 12.3. The molecule has 0 heterocycles. The Morgan fingerprint density at radius 2 is 2.06 bits per heavy atom. The Morgan fingerprint density at radius 3 is 2.56 bits per heavy atom. The van der Waals surface area contributed by atoms with Gasteiger partial charge >= 0.3 is 5.97 Å². The van der Waals surface area contributed by atoms with E-state index in [-0.39, 0.29) is 11.2 Å². The Labute approximate surface area is 96.1 Å². The highest BCUT2D eigenvalue weighted by molar-refractivity contribution is 5.88. The first-order valence-corrected chi connectivity index (χ1v) is 5.38. The highest BCUT2D eigenvalue weighted by Gasteiger charge is 2.18. The van der Waals surface area contributed by atoms with Gasteiger partial charge in [0.05, 0.1) is 5.56 Å². The molecule has 0 unspecified atom stereocenters. The number of carbonyl (C=O) groups is 1. The van der Waals surface area contributed by atoms with E-state index < -0.39 is 5.97 Å². The number of carboxylic acid groups (broad SMARTS) is 1. The smallest absolute Gasteiger partial charge is 0.335 e. The molecule has 1 aromatic rings. The molecule has 0 aliphatic rings. The molecule has 0 aliphatic heterocycles. The van der Waals surface area contributed by atoms with E-state index >= 15 is 0 Å². The molecule has 0 fully saturated rings. The van der Waals surface area contributed by atoms with Crippen molar-refractivity contribution in [3.05, 3.63) is 29.3 Å². The Hall–Kier alpha value is -1.51.